The molecule has 0 bridgehead atoms. The minimum Gasteiger partial charge on any atom is -0.488 e. The van der Waals surface area contributed by atoms with Gasteiger partial charge >= 0.3 is 0 Å². The zero-order chi connectivity index (χ0) is 24.1. The van der Waals surface area contributed by atoms with Gasteiger partial charge in [0.1, 0.15) is 24.9 Å². The van der Waals surface area contributed by atoms with Crippen molar-refractivity contribution in [2.75, 3.05) is 18.6 Å². The number of halogens is 2. The van der Waals surface area contributed by atoms with Crippen LogP contribution < -0.4 is 10.1 Å². The van der Waals surface area contributed by atoms with Gasteiger partial charge in [-0.05, 0) is 49.6 Å². The molecule has 1 N–H and O–H groups in total. The van der Waals surface area contributed by atoms with Crippen LogP contribution in [0, 0.1) is 12.7 Å². The van der Waals surface area contributed by atoms with E-state index in [1.54, 1.807) is 48.4 Å². The van der Waals surface area contributed by atoms with Crippen LogP contribution in [0.25, 0.3) is 17.1 Å². The summed E-state index contributed by atoms with van der Waals surface area (Å²) in [5.41, 5.74) is 3.28. The van der Waals surface area contributed by atoms with Crippen LogP contribution in [0.4, 0.5) is 14.5 Å². The number of nitrogens with one attached hydrogen (secondary N) is 1. The Hall–Kier alpha value is -4.01. The Morgan fingerprint density at radius 1 is 1.26 bits per heavy atom. The Morgan fingerprint density at radius 3 is 2.91 bits per heavy atom. The Bertz CT molecular complexity index is 1440. The molecule has 1 fully saturated rings. The first-order valence-corrected chi connectivity index (χ1v) is 11.5. The molecule has 0 unspecified atom stereocenters. The van der Waals surface area contributed by atoms with Gasteiger partial charge in [-0.25, -0.2) is 18.7 Å². The second-order valence-electron chi connectivity index (χ2n) is 9.01. The highest BCUT2D eigenvalue weighted by atomic mass is 19.1. The van der Waals surface area contributed by atoms with Crippen molar-refractivity contribution >= 4 is 11.6 Å². The highest BCUT2D eigenvalue weighted by Crippen LogP contribution is 2.40. The SMILES string of the molecule is Cc1cc(F)c(C(=O)Nc2cccc3c2OC[C@@H](CF)n2ccnc2-3)cc1-n1cnc(C2CC2)c1. The number of hydrogen-bond donors (Lipinski definition) is 1. The predicted molar refractivity (Wildman–Crippen MR) is 126 cm³/mol. The maximum atomic E-state index is 14.9. The lowest BCUT2D eigenvalue weighted by Gasteiger charge is -2.16. The van der Waals surface area contributed by atoms with Crippen molar-refractivity contribution in [1.82, 2.24) is 19.1 Å². The topological polar surface area (TPSA) is 74.0 Å². The molecule has 6 rings (SSSR count). The number of nitrogens with zero attached hydrogens (tertiary/aromatic N) is 4. The van der Waals surface area contributed by atoms with Crippen LogP contribution in [-0.4, -0.2) is 38.3 Å². The van der Waals surface area contributed by atoms with Crippen LogP contribution in [0.1, 0.15) is 46.4 Å². The average Bonchev–Trinajstić information content (AvgIpc) is 3.43. The van der Waals surface area contributed by atoms with Crippen molar-refractivity contribution in [2.24, 2.45) is 0 Å². The number of benzene rings is 2. The highest BCUT2D eigenvalue weighted by Gasteiger charge is 2.28. The van der Waals surface area contributed by atoms with Gasteiger partial charge in [-0.15, -0.1) is 0 Å². The number of amides is 1. The molecule has 1 aliphatic heterocycles. The predicted octanol–water partition coefficient (Wildman–Crippen LogP) is 5.22. The minimum absolute atomic E-state index is 0.0761. The molecule has 1 aliphatic carbocycles. The summed E-state index contributed by atoms with van der Waals surface area (Å²) >= 11 is 0. The van der Waals surface area contributed by atoms with Crippen molar-refractivity contribution in [3.8, 4) is 22.8 Å². The van der Waals surface area contributed by atoms with Crippen LogP contribution in [0.5, 0.6) is 5.75 Å². The molecule has 0 spiro atoms. The first kappa shape index (κ1) is 21.5. The summed E-state index contributed by atoms with van der Waals surface area (Å²) in [7, 11) is 0. The summed E-state index contributed by atoms with van der Waals surface area (Å²) in [4.78, 5) is 22.0. The fourth-order valence-electron chi connectivity index (χ4n) is 4.52. The molecule has 178 valence electrons. The van der Waals surface area contributed by atoms with Gasteiger partial charge in [-0.2, -0.15) is 0 Å². The Morgan fingerprint density at radius 2 is 2.11 bits per heavy atom. The largest absolute Gasteiger partial charge is 0.488 e. The van der Waals surface area contributed by atoms with Crippen molar-refractivity contribution in [2.45, 2.75) is 31.7 Å². The fourth-order valence-corrected chi connectivity index (χ4v) is 4.52. The van der Waals surface area contributed by atoms with E-state index in [1.807, 2.05) is 10.8 Å². The van der Waals surface area contributed by atoms with E-state index in [-0.39, 0.29) is 12.2 Å². The number of rotatable bonds is 5. The third kappa shape index (κ3) is 3.77. The third-order valence-corrected chi connectivity index (χ3v) is 6.57. The number of alkyl halides is 1. The van der Waals surface area contributed by atoms with Gasteiger partial charge < -0.3 is 19.2 Å². The highest BCUT2D eigenvalue weighted by molar-refractivity contribution is 6.06. The van der Waals surface area contributed by atoms with Gasteiger partial charge in [0.15, 0.2) is 5.75 Å². The molecule has 2 aromatic heterocycles. The summed E-state index contributed by atoms with van der Waals surface area (Å²) in [6, 6.07) is 7.57. The number of carbonyl (C=O) groups excluding carboxylic acids is 1. The van der Waals surface area contributed by atoms with E-state index in [1.165, 1.54) is 12.1 Å². The number of anilines is 1. The van der Waals surface area contributed by atoms with E-state index in [4.69, 9.17) is 4.74 Å². The molecule has 1 saturated carbocycles. The smallest absolute Gasteiger partial charge is 0.258 e. The van der Waals surface area contributed by atoms with E-state index in [2.05, 4.69) is 15.3 Å². The van der Waals surface area contributed by atoms with Crippen LogP contribution in [0.3, 0.4) is 0 Å². The maximum Gasteiger partial charge on any atom is 0.258 e. The molecule has 35 heavy (non-hydrogen) atoms. The number of imidazole rings is 2. The molecular weight excluding hydrogens is 452 g/mol. The molecule has 7 nitrogen and oxygen atoms in total. The number of hydrogen-bond acceptors (Lipinski definition) is 4. The summed E-state index contributed by atoms with van der Waals surface area (Å²) in [6.07, 6.45) is 9.20. The monoisotopic (exact) mass is 475 g/mol. The quantitative estimate of drug-likeness (QED) is 0.430. The lowest BCUT2D eigenvalue weighted by Crippen LogP contribution is -2.18. The second kappa shape index (κ2) is 8.33. The number of aromatic nitrogens is 4. The van der Waals surface area contributed by atoms with Crippen molar-refractivity contribution in [1.29, 1.82) is 0 Å². The van der Waals surface area contributed by atoms with Crippen LogP contribution >= 0.6 is 0 Å². The minimum atomic E-state index is -0.623. The standard InChI is InChI=1S/C26H23F2N5O2/c1-15-9-20(28)19(10-23(15)32-12-22(30-14-32)16-5-6-16)26(34)31-21-4-2-3-18-24(21)35-13-17(11-27)33-8-7-29-25(18)33/h2-4,7-10,12,14,16-17H,5-6,11,13H2,1H3,(H,31,34)/t17-/m1/s1. The Balaban J connectivity index is 1.34. The zero-order valence-electron chi connectivity index (χ0n) is 19.0. The summed E-state index contributed by atoms with van der Waals surface area (Å²) in [5.74, 6) is 0.174. The molecule has 3 heterocycles. The molecule has 2 aromatic carbocycles. The molecular formula is C26H23F2N5O2. The zero-order valence-corrected chi connectivity index (χ0v) is 19.0. The summed E-state index contributed by atoms with van der Waals surface area (Å²) in [5, 5.41) is 2.78. The van der Waals surface area contributed by atoms with E-state index in [9.17, 15) is 13.6 Å². The number of carbonyl (C=O) groups is 1. The van der Waals surface area contributed by atoms with E-state index >= 15 is 0 Å². The molecule has 1 amide bonds. The van der Waals surface area contributed by atoms with Crippen molar-refractivity contribution < 1.29 is 18.3 Å². The fraction of sp³-hybridized carbons (Fsp3) is 0.269. The van der Waals surface area contributed by atoms with Gasteiger partial charge in [-0.3, -0.25) is 4.79 Å². The van der Waals surface area contributed by atoms with Gasteiger partial charge in [0.25, 0.3) is 5.91 Å². The number of ether oxygens (including phenoxy) is 1. The molecule has 2 aliphatic rings. The van der Waals surface area contributed by atoms with Gasteiger partial charge in [0, 0.05) is 24.5 Å². The van der Waals surface area contributed by atoms with Crippen molar-refractivity contribution in [3.63, 3.8) is 0 Å². The summed E-state index contributed by atoms with van der Waals surface area (Å²) < 4.78 is 38.0. The molecule has 0 saturated heterocycles. The number of para-hydroxylation sites is 1. The lowest BCUT2D eigenvalue weighted by atomic mass is 10.1. The number of fused-ring (bicyclic) bond motifs is 3. The van der Waals surface area contributed by atoms with E-state index in [0.29, 0.717) is 40.0 Å². The Labute approximate surface area is 200 Å². The van der Waals surface area contributed by atoms with Gasteiger partial charge in [-0.1, -0.05) is 6.07 Å². The third-order valence-electron chi connectivity index (χ3n) is 6.57. The average molecular weight is 475 g/mol. The van der Waals surface area contributed by atoms with E-state index in [0.717, 1.165) is 18.5 Å². The van der Waals surface area contributed by atoms with Gasteiger partial charge in [0.05, 0.1) is 40.6 Å². The first-order valence-electron chi connectivity index (χ1n) is 11.5. The van der Waals surface area contributed by atoms with Gasteiger partial charge in [0.2, 0.25) is 0 Å². The molecule has 1 atom stereocenters. The maximum absolute atomic E-state index is 14.9. The Kier molecular flexibility index (Phi) is 5.12. The normalized spacial score (nSPS) is 16.7. The second-order valence-corrected chi connectivity index (χ2v) is 9.01. The van der Waals surface area contributed by atoms with Crippen LogP contribution in [0.2, 0.25) is 0 Å². The van der Waals surface area contributed by atoms with Crippen LogP contribution in [-0.2, 0) is 0 Å². The lowest BCUT2D eigenvalue weighted by molar-refractivity contribution is 0.102. The summed E-state index contributed by atoms with van der Waals surface area (Å²) in [6.45, 7) is 1.26. The molecule has 9 heteroatoms. The number of aryl methyl sites for hydroxylation is 1. The van der Waals surface area contributed by atoms with Crippen molar-refractivity contribution in [3.05, 3.63) is 77.9 Å². The van der Waals surface area contributed by atoms with Crippen LogP contribution in [0.15, 0.2) is 55.2 Å². The first-order chi connectivity index (χ1) is 17.0. The molecule has 4 aromatic rings. The molecule has 0 radical (unpaired) electrons. The van der Waals surface area contributed by atoms with E-state index < -0.39 is 24.4 Å².